The molecule has 0 saturated heterocycles. The van der Waals surface area contributed by atoms with E-state index in [0.29, 0.717) is 0 Å². The predicted molar refractivity (Wildman–Crippen MR) is 53.8 cm³/mol. The summed E-state index contributed by atoms with van der Waals surface area (Å²) in [7, 11) is 0. The second kappa shape index (κ2) is 9.14. The van der Waals surface area contributed by atoms with Crippen molar-refractivity contribution in [3.05, 3.63) is 0 Å². The van der Waals surface area contributed by atoms with Crippen molar-refractivity contribution in [1.29, 1.82) is 0 Å². The van der Waals surface area contributed by atoms with E-state index in [-0.39, 0.29) is 29.6 Å². The number of amides is 1. The zero-order valence-electron chi connectivity index (χ0n) is 7.85. The van der Waals surface area contributed by atoms with Crippen LogP contribution in [0.4, 0.5) is 4.79 Å². The Hall–Kier alpha value is 0.0700. The summed E-state index contributed by atoms with van der Waals surface area (Å²) in [5.74, 6) is 0. The third-order valence-electron chi connectivity index (χ3n) is 1.72. The molecular formula is C7H16NNaO7. The van der Waals surface area contributed by atoms with Gasteiger partial charge in [0.2, 0.25) is 0 Å². The SMILES string of the molecule is NC(=O)OC[C@@H](O)[C@@H](O)[C@H](O)[C@H](O)CO.[NaH]. The topological polar surface area (TPSA) is 153 Å². The monoisotopic (exact) mass is 249 g/mol. The number of ether oxygens (including phenoxy) is 1. The molecule has 9 heteroatoms. The second-order valence-corrected chi connectivity index (χ2v) is 2.93. The van der Waals surface area contributed by atoms with E-state index < -0.39 is 43.7 Å². The molecule has 0 aromatic heterocycles. The molecule has 0 unspecified atom stereocenters. The number of primary amides is 1. The first kappa shape index (κ1) is 18.4. The fraction of sp³-hybridized carbons (Fsp3) is 0.857. The van der Waals surface area contributed by atoms with E-state index in [9.17, 15) is 9.90 Å². The van der Waals surface area contributed by atoms with Crippen LogP contribution >= 0.6 is 0 Å². The van der Waals surface area contributed by atoms with Gasteiger partial charge < -0.3 is 36.0 Å². The van der Waals surface area contributed by atoms with Crippen molar-refractivity contribution in [3.8, 4) is 0 Å². The molecular weight excluding hydrogens is 233 g/mol. The number of aliphatic hydroxyl groups is 5. The standard InChI is InChI=1S/C7H15NO7.Na.H/c8-7(14)15-2-4(11)6(13)5(12)3(10)1-9;;/h3-6,9-13H,1-2H2,(H2,8,14);;/t3-,4-,5-,6-;;/m1../s1. The average molecular weight is 249 g/mol. The number of nitrogens with two attached hydrogens (primary N) is 1. The van der Waals surface area contributed by atoms with Gasteiger partial charge in [-0.2, -0.15) is 0 Å². The van der Waals surface area contributed by atoms with E-state index in [4.69, 9.17) is 20.4 Å². The molecule has 0 aliphatic carbocycles. The summed E-state index contributed by atoms with van der Waals surface area (Å²) in [6.07, 6.45) is -7.84. The summed E-state index contributed by atoms with van der Waals surface area (Å²) >= 11 is 0. The van der Waals surface area contributed by atoms with E-state index in [1.54, 1.807) is 0 Å². The van der Waals surface area contributed by atoms with Crippen molar-refractivity contribution in [2.24, 2.45) is 5.73 Å². The number of hydrogen-bond acceptors (Lipinski definition) is 7. The molecule has 0 bridgehead atoms. The molecule has 0 fully saturated rings. The summed E-state index contributed by atoms with van der Waals surface area (Å²) in [6, 6.07) is 0. The van der Waals surface area contributed by atoms with E-state index >= 15 is 0 Å². The summed E-state index contributed by atoms with van der Waals surface area (Å²) in [5.41, 5.74) is 4.60. The molecule has 7 N–H and O–H groups in total. The van der Waals surface area contributed by atoms with Gasteiger partial charge in [-0.3, -0.25) is 0 Å². The van der Waals surface area contributed by atoms with Crippen molar-refractivity contribution in [3.63, 3.8) is 0 Å². The molecule has 0 aromatic carbocycles. The predicted octanol–water partition coefficient (Wildman–Crippen LogP) is -4.13. The molecule has 0 rings (SSSR count). The van der Waals surface area contributed by atoms with E-state index in [1.165, 1.54) is 0 Å². The average Bonchev–Trinajstić information content (AvgIpc) is 2.22. The first-order chi connectivity index (χ1) is 6.90. The van der Waals surface area contributed by atoms with Crippen LogP contribution in [-0.2, 0) is 4.74 Å². The van der Waals surface area contributed by atoms with Gasteiger partial charge in [-0.25, -0.2) is 4.79 Å². The number of carbonyl (C=O) groups is 1. The Balaban J connectivity index is 0. The summed E-state index contributed by atoms with van der Waals surface area (Å²) in [4.78, 5) is 10.1. The van der Waals surface area contributed by atoms with Gasteiger partial charge in [0, 0.05) is 0 Å². The van der Waals surface area contributed by atoms with Crippen LogP contribution < -0.4 is 5.73 Å². The van der Waals surface area contributed by atoms with Crippen LogP contribution in [0, 0.1) is 0 Å². The molecule has 1 amide bonds. The Morgan fingerprint density at radius 3 is 1.94 bits per heavy atom. The third-order valence-corrected chi connectivity index (χ3v) is 1.72. The fourth-order valence-corrected chi connectivity index (χ4v) is 0.829. The second-order valence-electron chi connectivity index (χ2n) is 2.93. The first-order valence-electron chi connectivity index (χ1n) is 4.15. The van der Waals surface area contributed by atoms with Crippen molar-refractivity contribution >= 4 is 35.7 Å². The number of rotatable bonds is 6. The van der Waals surface area contributed by atoms with Crippen molar-refractivity contribution in [2.45, 2.75) is 24.4 Å². The summed E-state index contributed by atoms with van der Waals surface area (Å²) in [6.45, 7) is -1.40. The Kier molecular flexibility index (Phi) is 10.5. The van der Waals surface area contributed by atoms with E-state index in [1.807, 2.05) is 0 Å². The Morgan fingerprint density at radius 2 is 1.56 bits per heavy atom. The molecule has 0 heterocycles. The molecule has 0 saturated carbocycles. The van der Waals surface area contributed by atoms with Crippen LogP contribution in [0.25, 0.3) is 0 Å². The normalized spacial score (nSPS) is 17.8. The summed E-state index contributed by atoms with van der Waals surface area (Å²) in [5, 5.41) is 44.8. The third kappa shape index (κ3) is 6.61. The van der Waals surface area contributed by atoms with Crippen molar-refractivity contribution in [1.82, 2.24) is 0 Å². The maximum atomic E-state index is 10.1. The van der Waals surface area contributed by atoms with E-state index in [0.717, 1.165) is 0 Å². The fourth-order valence-electron chi connectivity index (χ4n) is 0.829. The molecule has 0 radical (unpaired) electrons. The molecule has 4 atom stereocenters. The minimum atomic E-state index is -1.76. The molecule has 16 heavy (non-hydrogen) atoms. The van der Waals surface area contributed by atoms with Gasteiger partial charge in [0.05, 0.1) is 6.61 Å². The van der Waals surface area contributed by atoms with Crippen molar-refractivity contribution in [2.75, 3.05) is 13.2 Å². The van der Waals surface area contributed by atoms with Crippen LogP contribution in [0.15, 0.2) is 0 Å². The zero-order valence-corrected chi connectivity index (χ0v) is 7.85. The van der Waals surface area contributed by atoms with Crippen LogP contribution in [0.5, 0.6) is 0 Å². The Bertz CT molecular complexity index is 205. The maximum absolute atomic E-state index is 10.1. The number of aliphatic hydroxyl groups excluding tert-OH is 5. The zero-order chi connectivity index (χ0) is 12.0. The summed E-state index contributed by atoms with van der Waals surface area (Å²) < 4.78 is 4.16. The minimum absolute atomic E-state index is 0. The van der Waals surface area contributed by atoms with Crippen LogP contribution in [0.1, 0.15) is 0 Å². The van der Waals surface area contributed by atoms with Gasteiger partial charge in [0.1, 0.15) is 31.0 Å². The van der Waals surface area contributed by atoms with Gasteiger partial charge >= 0.3 is 35.7 Å². The van der Waals surface area contributed by atoms with Gasteiger partial charge in [-0.1, -0.05) is 0 Å². The van der Waals surface area contributed by atoms with Crippen LogP contribution in [0.3, 0.4) is 0 Å². The first-order valence-corrected chi connectivity index (χ1v) is 4.15. The van der Waals surface area contributed by atoms with Crippen LogP contribution in [0.2, 0.25) is 0 Å². The van der Waals surface area contributed by atoms with Gasteiger partial charge in [-0.15, -0.1) is 0 Å². The molecule has 92 valence electrons. The molecule has 0 aliphatic heterocycles. The molecule has 0 aliphatic rings. The van der Waals surface area contributed by atoms with Crippen molar-refractivity contribution < 1.29 is 35.1 Å². The Labute approximate surface area is 114 Å². The number of carbonyl (C=O) groups excluding carboxylic acids is 1. The molecule has 8 nitrogen and oxygen atoms in total. The number of hydrogen-bond donors (Lipinski definition) is 6. The molecule has 0 spiro atoms. The Morgan fingerprint density at radius 1 is 1.12 bits per heavy atom. The van der Waals surface area contributed by atoms with Crippen LogP contribution in [-0.4, -0.2) is 98.8 Å². The van der Waals surface area contributed by atoms with E-state index in [2.05, 4.69) is 10.5 Å². The van der Waals surface area contributed by atoms with Gasteiger partial charge in [-0.05, 0) is 0 Å². The quantitative estimate of drug-likeness (QED) is 0.261. The van der Waals surface area contributed by atoms with Gasteiger partial charge in [0.15, 0.2) is 0 Å². The van der Waals surface area contributed by atoms with Gasteiger partial charge in [0.25, 0.3) is 0 Å². The molecule has 0 aromatic rings.